The van der Waals surface area contributed by atoms with Crippen LogP contribution in [0.15, 0.2) is 18.4 Å². The van der Waals surface area contributed by atoms with Crippen LogP contribution in [-0.2, 0) is 11.8 Å². The van der Waals surface area contributed by atoms with E-state index in [0.29, 0.717) is 5.56 Å². The molecule has 2 N–H and O–H groups in total. The molecule has 136 valence electrons. The lowest BCUT2D eigenvalue weighted by molar-refractivity contribution is -0.122. The van der Waals surface area contributed by atoms with Crippen LogP contribution in [0.2, 0.25) is 10.0 Å². The highest BCUT2D eigenvalue weighted by atomic mass is 35.5. The minimum Gasteiger partial charge on any atom is -0.516 e. The van der Waals surface area contributed by atoms with Gasteiger partial charge in [0.05, 0.1) is 11.3 Å². The van der Waals surface area contributed by atoms with Gasteiger partial charge in [0.2, 0.25) is 5.88 Å². The van der Waals surface area contributed by atoms with Crippen molar-refractivity contribution >= 4 is 35.8 Å². The number of hydrogen-bond acceptors (Lipinski definition) is 4. The summed E-state index contributed by atoms with van der Waals surface area (Å²) in [4.78, 5) is 8.36. The summed E-state index contributed by atoms with van der Waals surface area (Å²) in [5, 5.41) is 19.4. The molecule has 11 heteroatoms. The van der Waals surface area contributed by atoms with Crippen molar-refractivity contribution in [3.8, 4) is 17.1 Å². The lowest BCUT2D eigenvalue weighted by atomic mass is 10.1. The first kappa shape index (κ1) is 20.7. The second-order valence-corrected chi connectivity index (χ2v) is 5.03. The molecule has 0 aliphatic carbocycles. The Morgan fingerprint density at radius 1 is 1.32 bits per heavy atom. The molecule has 0 fully saturated rings. The van der Waals surface area contributed by atoms with Crippen LogP contribution in [0, 0.1) is 5.82 Å². The van der Waals surface area contributed by atoms with E-state index in [1.807, 2.05) is 0 Å². The molecule has 1 heterocycles. The lowest BCUT2D eigenvalue weighted by Crippen LogP contribution is -2.06. The van der Waals surface area contributed by atoms with E-state index in [0.717, 1.165) is 17.0 Å². The molecule has 2 aromatic rings. The molecule has 1 aromatic heterocycles. The van der Waals surface area contributed by atoms with Crippen molar-refractivity contribution in [2.75, 3.05) is 0 Å². The number of benzene rings is 1. The van der Waals surface area contributed by atoms with E-state index in [1.165, 1.54) is 19.2 Å². The SMILES string of the molecule is Cn1nc(-c2cc(/C=C/O)c(Cl)cc2F)c(Cl)c1OC(F)F.O=CO. The van der Waals surface area contributed by atoms with E-state index in [-0.39, 0.29) is 33.7 Å². The highest BCUT2D eigenvalue weighted by Crippen LogP contribution is 2.38. The molecule has 0 saturated carbocycles. The fraction of sp³-hybridized carbons (Fsp3) is 0.143. The number of rotatable bonds is 4. The Hall–Kier alpha value is -2.39. The Morgan fingerprint density at radius 3 is 2.44 bits per heavy atom. The molecule has 0 aliphatic rings. The van der Waals surface area contributed by atoms with Crippen LogP contribution in [0.4, 0.5) is 13.2 Å². The number of halogens is 5. The number of ether oxygens (including phenoxy) is 1. The maximum absolute atomic E-state index is 14.1. The van der Waals surface area contributed by atoms with Crippen LogP contribution < -0.4 is 4.74 Å². The van der Waals surface area contributed by atoms with Gasteiger partial charge < -0.3 is 14.9 Å². The molecule has 0 atom stereocenters. The molecular weight excluding hydrogens is 388 g/mol. The average Bonchev–Trinajstić information content (AvgIpc) is 2.78. The van der Waals surface area contributed by atoms with E-state index < -0.39 is 12.4 Å². The second kappa shape index (κ2) is 9.19. The molecule has 0 bridgehead atoms. The van der Waals surface area contributed by atoms with Crippen molar-refractivity contribution in [3.63, 3.8) is 0 Å². The third-order valence-corrected chi connectivity index (χ3v) is 3.40. The summed E-state index contributed by atoms with van der Waals surface area (Å²) in [7, 11) is 1.33. The normalized spacial score (nSPS) is 10.7. The summed E-state index contributed by atoms with van der Waals surface area (Å²) >= 11 is 11.8. The molecule has 0 amide bonds. The Bertz CT molecular complexity index is 782. The van der Waals surface area contributed by atoms with Crippen molar-refractivity contribution in [2.24, 2.45) is 7.05 Å². The molecule has 25 heavy (non-hydrogen) atoms. The van der Waals surface area contributed by atoms with Crippen LogP contribution >= 0.6 is 23.2 Å². The molecule has 0 unspecified atom stereocenters. The molecule has 0 aliphatic heterocycles. The summed E-state index contributed by atoms with van der Waals surface area (Å²) in [6, 6.07) is 2.29. The molecule has 0 radical (unpaired) electrons. The summed E-state index contributed by atoms with van der Waals surface area (Å²) in [6.45, 7) is -3.34. The van der Waals surface area contributed by atoms with Gasteiger partial charge in [-0.1, -0.05) is 23.2 Å². The van der Waals surface area contributed by atoms with E-state index >= 15 is 0 Å². The van der Waals surface area contributed by atoms with E-state index in [1.54, 1.807) is 0 Å². The van der Waals surface area contributed by atoms with Crippen molar-refractivity contribution < 1.29 is 32.9 Å². The first-order chi connectivity index (χ1) is 11.8. The van der Waals surface area contributed by atoms with Gasteiger partial charge in [-0.15, -0.1) is 0 Å². The van der Waals surface area contributed by atoms with Gasteiger partial charge in [0, 0.05) is 12.6 Å². The van der Waals surface area contributed by atoms with Crippen LogP contribution in [0.1, 0.15) is 5.56 Å². The maximum Gasteiger partial charge on any atom is 0.388 e. The lowest BCUT2D eigenvalue weighted by Gasteiger charge is -2.05. The van der Waals surface area contributed by atoms with Gasteiger partial charge in [-0.05, 0) is 23.8 Å². The molecule has 0 saturated heterocycles. The topological polar surface area (TPSA) is 84.6 Å². The zero-order valence-corrected chi connectivity index (χ0v) is 14.0. The maximum atomic E-state index is 14.1. The van der Waals surface area contributed by atoms with Crippen molar-refractivity contribution in [1.82, 2.24) is 9.78 Å². The number of aryl methyl sites for hydroxylation is 1. The van der Waals surface area contributed by atoms with Gasteiger partial charge in [0.1, 0.15) is 16.5 Å². The highest BCUT2D eigenvalue weighted by molar-refractivity contribution is 6.34. The number of carboxylic acid groups (broad SMARTS) is 1. The first-order valence-corrected chi connectivity index (χ1v) is 7.07. The first-order valence-electron chi connectivity index (χ1n) is 6.32. The van der Waals surface area contributed by atoms with Crippen molar-refractivity contribution in [3.05, 3.63) is 39.8 Å². The second-order valence-electron chi connectivity index (χ2n) is 4.24. The van der Waals surface area contributed by atoms with Crippen LogP contribution in [0.25, 0.3) is 17.3 Å². The molecular formula is C14H11Cl2F3N2O4. The van der Waals surface area contributed by atoms with Crippen LogP contribution in [-0.4, -0.2) is 33.1 Å². The molecule has 0 spiro atoms. The molecule has 1 aromatic carbocycles. The number of aliphatic hydroxyl groups excluding tert-OH is 1. The monoisotopic (exact) mass is 398 g/mol. The van der Waals surface area contributed by atoms with Gasteiger partial charge in [0.25, 0.3) is 6.47 Å². The fourth-order valence-electron chi connectivity index (χ4n) is 1.82. The average molecular weight is 399 g/mol. The quantitative estimate of drug-likeness (QED) is 0.590. The Balaban J connectivity index is 0.000000970. The Morgan fingerprint density at radius 2 is 1.92 bits per heavy atom. The Labute approximate surface area is 149 Å². The van der Waals surface area contributed by atoms with E-state index in [4.69, 9.17) is 38.2 Å². The van der Waals surface area contributed by atoms with Gasteiger partial charge in [-0.25, -0.2) is 9.07 Å². The number of aromatic nitrogens is 2. The summed E-state index contributed by atoms with van der Waals surface area (Å²) < 4.78 is 44.0. The van der Waals surface area contributed by atoms with Gasteiger partial charge in [-0.2, -0.15) is 13.9 Å². The number of nitrogens with zero attached hydrogens (tertiary/aromatic N) is 2. The zero-order chi connectivity index (χ0) is 19.1. The molecule has 6 nitrogen and oxygen atoms in total. The smallest absolute Gasteiger partial charge is 0.388 e. The highest BCUT2D eigenvalue weighted by Gasteiger charge is 2.23. The van der Waals surface area contributed by atoms with Gasteiger partial charge in [-0.3, -0.25) is 4.79 Å². The zero-order valence-electron chi connectivity index (χ0n) is 12.5. The molecule has 2 rings (SSSR count). The fourth-order valence-corrected chi connectivity index (χ4v) is 2.34. The van der Waals surface area contributed by atoms with E-state index in [2.05, 4.69) is 9.84 Å². The minimum absolute atomic E-state index is 0.0580. The van der Waals surface area contributed by atoms with Gasteiger partial charge in [0.15, 0.2) is 0 Å². The van der Waals surface area contributed by atoms with Crippen LogP contribution in [0.5, 0.6) is 5.88 Å². The number of aliphatic hydroxyl groups is 1. The third kappa shape index (κ3) is 5.04. The minimum atomic E-state index is -3.09. The van der Waals surface area contributed by atoms with Crippen LogP contribution in [0.3, 0.4) is 0 Å². The number of carbonyl (C=O) groups is 1. The predicted octanol–water partition coefficient (Wildman–Crippen LogP) is 4.36. The summed E-state index contributed by atoms with van der Waals surface area (Å²) in [5.41, 5.74) is 0.155. The number of alkyl halides is 2. The summed E-state index contributed by atoms with van der Waals surface area (Å²) in [5.74, 6) is -1.14. The van der Waals surface area contributed by atoms with Crippen molar-refractivity contribution in [1.29, 1.82) is 0 Å². The number of hydrogen-bond donors (Lipinski definition) is 2. The third-order valence-electron chi connectivity index (χ3n) is 2.74. The predicted molar refractivity (Wildman–Crippen MR) is 85.6 cm³/mol. The largest absolute Gasteiger partial charge is 0.516 e. The Kier molecular flexibility index (Phi) is 7.59. The van der Waals surface area contributed by atoms with E-state index in [9.17, 15) is 13.2 Å². The standard InChI is InChI=1S/C13H9Cl2F3N2O2.CH2O2/c1-20-12(22-13(17)18)10(15)11(19-20)7-4-6(2-3-21)8(14)5-9(7)16;2-1-3/h2-5,13,21H,1H3;1H,(H,2,3)/b3-2+;. The van der Waals surface area contributed by atoms with Crippen molar-refractivity contribution in [2.45, 2.75) is 6.61 Å². The summed E-state index contributed by atoms with van der Waals surface area (Å²) in [6.07, 6.45) is 1.97. The van der Waals surface area contributed by atoms with Gasteiger partial charge >= 0.3 is 6.61 Å².